The van der Waals surface area contributed by atoms with Crippen LogP contribution in [-0.4, -0.2) is 71.4 Å². The number of rotatable bonds is 15. The van der Waals surface area contributed by atoms with Crippen molar-refractivity contribution in [3.8, 4) is 0 Å². The zero-order chi connectivity index (χ0) is 22.5. The number of hydrogen-bond donors (Lipinski definition) is 3. The first-order valence-electron chi connectivity index (χ1n) is 10.2. The molecule has 0 aliphatic carbocycles. The van der Waals surface area contributed by atoms with Gasteiger partial charge in [0.1, 0.15) is 5.82 Å². The summed E-state index contributed by atoms with van der Waals surface area (Å²) in [7, 11) is 3.47. The third-order valence-electron chi connectivity index (χ3n) is 4.48. The van der Waals surface area contributed by atoms with Gasteiger partial charge in [-0.25, -0.2) is 5.06 Å². The van der Waals surface area contributed by atoms with Crippen LogP contribution >= 0.6 is 0 Å². The van der Waals surface area contributed by atoms with E-state index in [1.165, 1.54) is 0 Å². The Morgan fingerprint density at radius 1 is 1.27 bits per heavy atom. The summed E-state index contributed by atoms with van der Waals surface area (Å²) in [4.78, 5) is 38.4. The minimum Gasteiger partial charge on any atom is -0.383 e. The van der Waals surface area contributed by atoms with Crippen molar-refractivity contribution in [1.29, 1.82) is 0 Å². The molecule has 0 aromatic carbocycles. The predicted octanol–water partition coefficient (Wildman–Crippen LogP) is 1.56. The maximum absolute atomic E-state index is 12.6. The molecule has 1 unspecified atom stereocenters. The SMILES string of the molecule is CCCCCC(CN(O)C=O)C(=O)NNc1nc(C(C)C)nc(N(C)CCOC)n1. The molecule has 1 aromatic rings. The van der Waals surface area contributed by atoms with Crippen LogP contribution in [0.5, 0.6) is 0 Å². The van der Waals surface area contributed by atoms with E-state index in [0.717, 1.165) is 19.3 Å². The molecule has 1 heterocycles. The van der Waals surface area contributed by atoms with Gasteiger partial charge in [-0.3, -0.25) is 25.6 Å². The topological polar surface area (TPSA) is 133 Å². The molecule has 0 radical (unpaired) electrons. The number of hydrazine groups is 1. The summed E-state index contributed by atoms with van der Waals surface area (Å²) in [5.74, 6) is 0.413. The van der Waals surface area contributed by atoms with Gasteiger partial charge in [-0.2, -0.15) is 15.0 Å². The maximum Gasteiger partial charge on any atom is 0.246 e. The Morgan fingerprint density at radius 2 is 2.00 bits per heavy atom. The van der Waals surface area contributed by atoms with Gasteiger partial charge in [0.15, 0.2) is 0 Å². The Bertz CT molecular complexity index is 660. The number of nitrogens with one attached hydrogen (secondary N) is 2. The molecule has 1 aromatic heterocycles. The molecule has 0 saturated heterocycles. The van der Waals surface area contributed by atoms with Crippen LogP contribution < -0.4 is 15.8 Å². The quantitative estimate of drug-likeness (QED) is 0.166. The summed E-state index contributed by atoms with van der Waals surface area (Å²) in [5.41, 5.74) is 5.34. The average molecular weight is 426 g/mol. The summed E-state index contributed by atoms with van der Waals surface area (Å²) >= 11 is 0. The Balaban J connectivity index is 2.88. The third kappa shape index (κ3) is 8.87. The lowest BCUT2D eigenvalue weighted by Gasteiger charge is -2.21. The van der Waals surface area contributed by atoms with E-state index in [2.05, 4.69) is 32.7 Å². The van der Waals surface area contributed by atoms with Crippen LogP contribution in [0.15, 0.2) is 0 Å². The van der Waals surface area contributed by atoms with Gasteiger partial charge in [0.2, 0.25) is 24.2 Å². The lowest BCUT2D eigenvalue weighted by molar-refractivity contribution is -0.154. The smallest absolute Gasteiger partial charge is 0.246 e. The molecule has 3 N–H and O–H groups in total. The molecule has 0 fully saturated rings. The molecule has 2 amide bonds. The minimum atomic E-state index is -0.561. The van der Waals surface area contributed by atoms with E-state index in [4.69, 9.17) is 4.74 Å². The van der Waals surface area contributed by atoms with Crippen LogP contribution in [0, 0.1) is 5.92 Å². The van der Waals surface area contributed by atoms with Crippen LogP contribution in [0.2, 0.25) is 0 Å². The van der Waals surface area contributed by atoms with Crippen molar-refractivity contribution in [2.45, 2.75) is 52.4 Å². The van der Waals surface area contributed by atoms with E-state index in [0.29, 0.717) is 36.4 Å². The fourth-order valence-electron chi connectivity index (χ4n) is 2.63. The monoisotopic (exact) mass is 425 g/mol. The minimum absolute atomic E-state index is 0.0659. The molecular weight excluding hydrogens is 390 g/mol. The van der Waals surface area contributed by atoms with Crippen molar-refractivity contribution in [3.63, 3.8) is 0 Å². The van der Waals surface area contributed by atoms with Crippen molar-refractivity contribution >= 4 is 24.2 Å². The van der Waals surface area contributed by atoms with Gasteiger partial charge in [0.05, 0.1) is 19.1 Å². The fourth-order valence-corrected chi connectivity index (χ4v) is 2.63. The number of aromatic nitrogens is 3. The molecule has 1 rings (SSSR count). The molecular formula is C19H35N7O4. The number of anilines is 2. The van der Waals surface area contributed by atoms with E-state index in [1.54, 1.807) is 7.11 Å². The molecule has 0 aliphatic rings. The predicted molar refractivity (Wildman–Crippen MR) is 113 cm³/mol. The molecule has 1 atom stereocenters. The molecule has 11 heteroatoms. The first kappa shape index (κ1) is 25.5. The first-order chi connectivity index (χ1) is 14.3. The van der Waals surface area contributed by atoms with Crippen LogP contribution in [-0.2, 0) is 14.3 Å². The molecule has 0 spiro atoms. The van der Waals surface area contributed by atoms with Gasteiger partial charge in [-0.1, -0.05) is 40.0 Å². The van der Waals surface area contributed by atoms with E-state index >= 15 is 0 Å². The second kappa shape index (κ2) is 13.6. The largest absolute Gasteiger partial charge is 0.383 e. The molecule has 30 heavy (non-hydrogen) atoms. The van der Waals surface area contributed by atoms with Crippen molar-refractivity contribution in [1.82, 2.24) is 25.4 Å². The van der Waals surface area contributed by atoms with E-state index in [-0.39, 0.29) is 30.7 Å². The number of likely N-dealkylation sites (N-methyl/N-ethyl adjacent to an activating group) is 1. The summed E-state index contributed by atoms with van der Waals surface area (Å²) in [6.07, 6.45) is 3.62. The fraction of sp³-hybridized carbons (Fsp3) is 0.737. The summed E-state index contributed by atoms with van der Waals surface area (Å²) in [6.45, 7) is 7.04. The Labute approximate surface area is 178 Å². The Morgan fingerprint density at radius 3 is 2.60 bits per heavy atom. The van der Waals surface area contributed by atoms with Crippen LogP contribution in [0.4, 0.5) is 11.9 Å². The van der Waals surface area contributed by atoms with Gasteiger partial charge in [0.25, 0.3) is 0 Å². The maximum atomic E-state index is 12.6. The lowest BCUT2D eigenvalue weighted by Crippen LogP contribution is -2.40. The van der Waals surface area contributed by atoms with Crippen molar-refractivity contribution < 1.29 is 19.5 Å². The number of methoxy groups -OCH3 is 1. The highest BCUT2D eigenvalue weighted by molar-refractivity contribution is 5.80. The number of hydroxylamine groups is 2. The van der Waals surface area contributed by atoms with Crippen LogP contribution in [0.25, 0.3) is 0 Å². The van der Waals surface area contributed by atoms with E-state index in [1.807, 2.05) is 25.8 Å². The van der Waals surface area contributed by atoms with Gasteiger partial charge in [0, 0.05) is 26.6 Å². The van der Waals surface area contributed by atoms with Crippen molar-refractivity contribution in [3.05, 3.63) is 5.82 Å². The van der Waals surface area contributed by atoms with Crippen LogP contribution in [0.1, 0.15) is 58.2 Å². The van der Waals surface area contributed by atoms with Gasteiger partial charge in [-0.05, 0) is 6.42 Å². The number of ether oxygens (including phenoxy) is 1. The summed E-state index contributed by atoms with van der Waals surface area (Å²) in [5, 5.41) is 9.99. The highest BCUT2D eigenvalue weighted by atomic mass is 16.5. The number of unbranched alkanes of at least 4 members (excludes halogenated alkanes) is 2. The number of amides is 2. The van der Waals surface area contributed by atoms with E-state index in [9.17, 15) is 14.8 Å². The summed E-state index contributed by atoms with van der Waals surface area (Å²) in [6, 6.07) is 0. The van der Waals surface area contributed by atoms with Gasteiger partial charge < -0.3 is 9.64 Å². The number of hydrogen-bond acceptors (Lipinski definition) is 9. The molecule has 0 saturated carbocycles. The Kier molecular flexibility index (Phi) is 11.6. The second-order valence-electron chi connectivity index (χ2n) is 7.42. The second-order valence-corrected chi connectivity index (χ2v) is 7.42. The highest BCUT2D eigenvalue weighted by Gasteiger charge is 2.21. The van der Waals surface area contributed by atoms with Crippen molar-refractivity contribution in [2.75, 3.05) is 44.2 Å². The molecule has 0 bridgehead atoms. The molecule has 170 valence electrons. The van der Waals surface area contributed by atoms with Gasteiger partial charge >= 0.3 is 0 Å². The standard InChI is InChI=1S/C19H35N7O4/c1-6-7-8-9-15(12-26(29)13-27)17(28)23-24-18-20-16(14(2)3)21-19(22-18)25(4)10-11-30-5/h13-15,29H,6-12H2,1-5H3,(H,23,28)(H,20,21,22,24). The zero-order valence-corrected chi connectivity index (χ0v) is 18.6. The highest BCUT2D eigenvalue weighted by Crippen LogP contribution is 2.16. The molecule has 11 nitrogen and oxygen atoms in total. The Hall–Kier alpha value is -2.53. The first-order valence-corrected chi connectivity index (χ1v) is 10.2. The summed E-state index contributed by atoms with van der Waals surface area (Å²) < 4.78 is 5.09. The molecule has 0 aliphatic heterocycles. The number of carbonyl (C=O) groups is 2. The van der Waals surface area contributed by atoms with Crippen LogP contribution in [0.3, 0.4) is 0 Å². The number of nitrogens with zero attached hydrogens (tertiary/aromatic N) is 5. The normalized spacial score (nSPS) is 11.8. The average Bonchev–Trinajstić information content (AvgIpc) is 2.74. The van der Waals surface area contributed by atoms with Crippen molar-refractivity contribution in [2.24, 2.45) is 5.92 Å². The lowest BCUT2D eigenvalue weighted by atomic mass is 10.0. The van der Waals surface area contributed by atoms with E-state index < -0.39 is 5.92 Å². The zero-order valence-electron chi connectivity index (χ0n) is 18.6. The third-order valence-corrected chi connectivity index (χ3v) is 4.48. The number of carbonyl (C=O) groups excluding carboxylic acids is 2. The van der Waals surface area contributed by atoms with Gasteiger partial charge in [-0.15, -0.1) is 0 Å².